The summed E-state index contributed by atoms with van der Waals surface area (Å²) in [5.74, 6) is 0.623. The molecule has 5 rings (SSSR count). The number of hydrogen-bond acceptors (Lipinski definition) is 10. The number of benzene rings is 1. The van der Waals surface area contributed by atoms with Crippen LogP contribution in [0, 0.1) is 5.41 Å². The summed E-state index contributed by atoms with van der Waals surface area (Å²) >= 11 is 0. The molecule has 2 amide bonds. The van der Waals surface area contributed by atoms with Crippen molar-refractivity contribution in [2.45, 2.75) is 97.2 Å². The van der Waals surface area contributed by atoms with Gasteiger partial charge >= 0.3 is 25.3 Å². The molecule has 12 heteroatoms. The molecule has 2 fully saturated rings. The zero-order chi connectivity index (χ0) is 30.2. The predicted molar refractivity (Wildman–Crippen MR) is 150 cm³/mol. The fourth-order valence-corrected chi connectivity index (χ4v) is 5.18. The van der Waals surface area contributed by atoms with E-state index in [1.54, 1.807) is 41.5 Å². The minimum absolute atomic E-state index is 0.0525. The van der Waals surface area contributed by atoms with Crippen molar-refractivity contribution >= 4 is 30.8 Å². The van der Waals surface area contributed by atoms with Crippen molar-refractivity contribution in [3.63, 3.8) is 0 Å². The standard InChI is InChI=1S/C29H41BN2O9/c1-24(2,3)38-22(33)32(23(34)39-25(4,5)6)21-31-29(17-37-21)19-13-18(30-40-26(7,8)27(9,10)41-30)11-12-20(19)36-16-28(29)14-35-15-28/h11-13H,14-17H2,1-10H3. The van der Waals surface area contributed by atoms with Gasteiger partial charge in [0, 0.05) is 5.56 Å². The maximum atomic E-state index is 13.3. The van der Waals surface area contributed by atoms with E-state index in [1.807, 2.05) is 45.9 Å². The van der Waals surface area contributed by atoms with E-state index in [1.165, 1.54) is 0 Å². The minimum atomic E-state index is -1.02. The molecule has 4 aliphatic heterocycles. The fraction of sp³-hybridized carbons (Fsp3) is 0.690. The molecule has 0 aromatic heterocycles. The number of carbonyl (C=O) groups excluding carboxylic acids is 2. The summed E-state index contributed by atoms with van der Waals surface area (Å²) in [4.78, 5) is 32.4. The Morgan fingerprint density at radius 2 is 1.41 bits per heavy atom. The van der Waals surface area contributed by atoms with Crippen LogP contribution in [0.4, 0.5) is 9.59 Å². The fourth-order valence-electron chi connectivity index (χ4n) is 5.18. The lowest BCUT2D eigenvalue weighted by Crippen LogP contribution is -2.63. The number of aliphatic imine (C=N–C) groups is 1. The van der Waals surface area contributed by atoms with Gasteiger partial charge in [0.15, 0.2) is 0 Å². The lowest BCUT2D eigenvalue weighted by molar-refractivity contribution is -0.185. The third-order valence-electron chi connectivity index (χ3n) is 8.15. The second-order valence-electron chi connectivity index (χ2n) is 14.2. The number of ether oxygens (including phenoxy) is 5. The van der Waals surface area contributed by atoms with Gasteiger partial charge in [-0.05, 0) is 80.8 Å². The molecule has 2 saturated heterocycles. The molecule has 1 atom stereocenters. The molecule has 1 aromatic carbocycles. The monoisotopic (exact) mass is 572 g/mol. The smallest absolute Gasteiger partial charge is 0.492 e. The summed E-state index contributed by atoms with van der Waals surface area (Å²) < 4.78 is 41.7. The molecule has 41 heavy (non-hydrogen) atoms. The molecule has 1 aromatic rings. The van der Waals surface area contributed by atoms with Gasteiger partial charge in [-0.1, -0.05) is 12.1 Å². The highest BCUT2D eigenvalue weighted by Crippen LogP contribution is 2.56. The molecule has 0 saturated carbocycles. The highest BCUT2D eigenvalue weighted by atomic mass is 16.7. The van der Waals surface area contributed by atoms with E-state index in [4.69, 9.17) is 38.0 Å². The van der Waals surface area contributed by atoms with E-state index >= 15 is 0 Å². The van der Waals surface area contributed by atoms with Crippen LogP contribution in [-0.2, 0) is 33.8 Å². The van der Waals surface area contributed by atoms with Gasteiger partial charge < -0.3 is 33.0 Å². The van der Waals surface area contributed by atoms with Crippen LogP contribution in [0.5, 0.6) is 5.75 Å². The number of amidine groups is 1. The summed E-state index contributed by atoms with van der Waals surface area (Å²) in [6.45, 7) is 19.4. The summed E-state index contributed by atoms with van der Waals surface area (Å²) in [6.07, 6.45) is -1.89. The Hall–Kier alpha value is -2.83. The number of hydrogen-bond donors (Lipinski definition) is 0. The number of fused-ring (bicyclic) bond motifs is 3. The van der Waals surface area contributed by atoms with Gasteiger partial charge in [-0.2, -0.15) is 0 Å². The van der Waals surface area contributed by atoms with Gasteiger partial charge in [0.2, 0.25) is 0 Å². The van der Waals surface area contributed by atoms with Crippen molar-refractivity contribution < 1.29 is 42.6 Å². The van der Waals surface area contributed by atoms with E-state index in [9.17, 15) is 9.59 Å². The molecule has 1 unspecified atom stereocenters. The highest BCUT2D eigenvalue weighted by Gasteiger charge is 2.65. The van der Waals surface area contributed by atoms with Crippen LogP contribution in [0.2, 0.25) is 0 Å². The number of amides is 2. The van der Waals surface area contributed by atoms with E-state index < -0.39 is 52.7 Å². The van der Waals surface area contributed by atoms with E-state index in [0.29, 0.717) is 25.6 Å². The van der Waals surface area contributed by atoms with Crippen LogP contribution in [0.15, 0.2) is 23.2 Å². The second kappa shape index (κ2) is 9.34. The van der Waals surface area contributed by atoms with Crippen molar-refractivity contribution in [2.24, 2.45) is 10.4 Å². The molecule has 4 heterocycles. The van der Waals surface area contributed by atoms with Crippen molar-refractivity contribution in [3.8, 4) is 5.75 Å². The molecule has 0 radical (unpaired) electrons. The van der Waals surface area contributed by atoms with Gasteiger partial charge in [0.1, 0.15) is 35.7 Å². The zero-order valence-electron chi connectivity index (χ0n) is 25.7. The third-order valence-corrected chi connectivity index (χ3v) is 8.15. The van der Waals surface area contributed by atoms with Crippen molar-refractivity contribution in [1.29, 1.82) is 0 Å². The van der Waals surface area contributed by atoms with Crippen molar-refractivity contribution in [3.05, 3.63) is 23.8 Å². The Kier molecular flexibility index (Phi) is 6.76. The molecule has 224 valence electrons. The number of imide groups is 1. The Morgan fingerprint density at radius 1 is 0.854 bits per heavy atom. The van der Waals surface area contributed by atoms with Crippen LogP contribution in [0.1, 0.15) is 74.8 Å². The molecule has 0 aliphatic carbocycles. The second-order valence-corrected chi connectivity index (χ2v) is 14.2. The molecule has 4 aliphatic rings. The summed E-state index contributed by atoms with van der Waals surface area (Å²) in [7, 11) is -0.608. The van der Waals surface area contributed by atoms with Gasteiger partial charge in [0.05, 0.1) is 29.8 Å². The van der Waals surface area contributed by atoms with E-state index in [2.05, 4.69) is 0 Å². The lowest BCUT2D eigenvalue weighted by atomic mass is 9.63. The summed E-state index contributed by atoms with van der Waals surface area (Å²) in [5, 5.41) is 0. The normalized spacial score (nSPS) is 25.5. The lowest BCUT2D eigenvalue weighted by Gasteiger charge is -2.53. The predicted octanol–water partition coefficient (Wildman–Crippen LogP) is 4.15. The minimum Gasteiger partial charge on any atom is -0.492 e. The first-order valence-corrected chi connectivity index (χ1v) is 14.0. The SMILES string of the molecule is CC(C)(C)OC(=O)N(C(=O)OC(C)(C)C)C1=NC2(CO1)c1cc(B3OC(C)(C)C(C)(C)O3)ccc1OCC21COC1. The Morgan fingerprint density at radius 3 is 1.90 bits per heavy atom. The van der Waals surface area contributed by atoms with E-state index in [0.717, 1.165) is 15.9 Å². The average molecular weight is 572 g/mol. The Labute approximate surface area is 241 Å². The molecular weight excluding hydrogens is 531 g/mol. The highest BCUT2D eigenvalue weighted by molar-refractivity contribution is 6.62. The van der Waals surface area contributed by atoms with Gasteiger partial charge in [-0.25, -0.2) is 14.6 Å². The Balaban J connectivity index is 1.59. The number of nitrogens with zero attached hydrogens (tertiary/aromatic N) is 2. The van der Waals surface area contributed by atoms with Gasteiger partial charge in [-0.3, -0.25) is 0 Å². The first-order valence-electron chi connectivity index (χ1n) is 14.0. The maximum Gasteiger partial charge on any atom is 0.494 e. The topological polar surface area (TPSA) is 114 Å². The summed E-state index contributed by atoms with van der Waals surface area (Å²) in [5.41, 5.74) is -2.85. The molecule has 0 bridgehead atoms. The average Bonchev–Trinajstić information content (AvgIpc) is 3.29. The van der Waals surface area contributed by atoms with Crippen molar-refractivity contribution in [2.75, 3.05) is 26.4 Å². The van der Waals surface area contributed by atoms with Crippen LogP contribution >= 0.6 is 0 Å². The van der Waals surface area contributed by atoms with Crippen LogP contribution in [0.25, 0.3) is 0 Å². The van der Waals surface area contributed by atoms with Crippen LogP contribution < -0.4 is 10.2 Å². The molecule has 0 N–H and O–H groups in total. The van der Waals surface area contributed by atoms with Crippen LogP contribution in [0.3, 0.4) is 0 Å². The maximum absolute atomic E-state index is 13.3. The number of carbonyl (C=O) groups is 2. The summed E-state index contributed by atoms with van der Waals surface area (Å²) in [6, 6.07) is 5.54. The van der Waals surface area contributed by atoms with Gasteiger partial charge in [-0.15, -0.1) is 4.90 Å². The Bertz CT molecular complexity index is 1230. The largest absolute Gasteiger partial charge is 0.494 e. The molecular formula is C29H41BN2O9. The first-order chi connectivity index (χ1) is 18.8. The van der Waals surface area contributed by atoms with Gasteiger partial charge in [0.25, 0.3) is 0 Å². The first kappa shape index (κ1) is 29.7. The molecule has 2 spiro atoms. The number of rotatable bonds is 1. The van der Waals surface area contributed by atoms with E-state index in [-0.39, 0.29) is 12.6 Å². The quantitative estimate of drug-likeness (QED) is 0.458. The van der Waals surface area contributed by atoms with Crippen LogP contribution in [-0.4, -0.2) is 79.1 Å². The molecule has 11 nitrogen and oxygen atoms in total. The third kappa shape index (κ3) is 5.08. The zero-order valence-corrected chi connectivity index (χ0v) is 25.7. The van der Waals surface area contributed by atoms with Crippen molar-refractivity contribution in [1.82, 2.24) is 4.90 Å².